The number of nitroso groups, excluding NO2 is 1. The van der Waals surface area contributed by atoms with Crippen molar-refractivity contribution in [3.05, 3.63) is 47.8 Å². The van der Waals surface area contributed by atoms with Crippen LogP contribution in [-0.4, -0.2) is 13.6 Å². The van der Waals surface area contributed by atoms with E-state index in [2.05, 4.69) is 20.5 Å². The first-order valence-corrected chi connectivity index (χ1v) is 3.03. The molecule has 1 aromatic rings. The van der Waals surface area contributed by atoms with E-state index in [0.29, 0.717) is 0 Å². The van der Waals surface area contributed by atoms with Crippen LogP contribution in [0.1, 0.15) is 6.92 Å². The minimum atomic E-state index is 0. The summed E-state index contributed by atoms with van der Waals surface area (Å²) in [6.07, 6.45) is 0. The van der Waals surface area contributed by atoms with Crippen LogP contribution in [0.15, 0.2) is 30.3 Å². The minimum Gasteiger partial charge on any atom is -0.577 e. The molecule has 4 nitrogen and oxygen atoms in total. The summed E-state index contributed by atoms with van der Waals surface area (Å²) in [5.74, 6) is 0. The average molecular weight is 366 g/mol. The molecule has 0 unspecified atom stereocenters. The first-order chi connectivity index (χ1) is 6.50. The van der Waals surface area contributed by atoms with Gasteiger partial charge in [-0.05, 0) is 0 Å². The van der Waals surface area contributed by atoms with Gasteiger partial charge >= 0.3 is 0 Å². The van der Waals surface area contributed by atoms with Gasteiger partial charge in [0.1, 0.15) is 0 Å². The SMILES string of the molecule is [CH-]=O.[CH-]=O.[CH2-]C.[N-]=O.[W].c1cc[cH-]c1. The Bertz CT molecular complexity index is 104. The maximum Gasteiger partial charge on any atom is 0 e. The van der Waals surface area contributed by atoms with Gasteiger partial charge in [-0.15, -0.1) is 0 Å². The number of rotatable bonds is 0. The van der Waals surface area contributed by atoms with Crippen molar-refractivity contribution in [3.63, 3.8) is 0 Å². The van der Waals surface area contributed by atoms with Crippen molar-refractivity contribution < 1.29 is 30.7 Å². The molecule has 0 heterocycles. The van der Waals surface area contributed by atoms with Crippen molar-refractivity contribution in [1.29, 1.82) is 0 Å². The molecule has 0 aliphatic rings. The Hall–Kier alpha value is -1.02. The summed E-state index contributed by atoms with van der Waals surface area (Å²) in [7, 11) is 0. The zero-order chi connectivity index (χ0) is 11.5. The van der Waals surface area contributed by atoms with Gasteiger partial charge < -0.3 is 27.0 Å². The summed E-state index contributed by atoms with van der Waals surface area (Å²) in [5.41, 5.74) is 5.75. The molecule has 0 aliphatic carbocycles. The zero-order valence-corrected chi connectivity index (χ0v) is 10.8. The molecule has 82 valence electrons. The fourth-order valence-electron chi connectivity index (χ4n) is 0.321. The van der Waals surface area contributed by atoms with Crippen LogP contribution in [0.3, 0.4) is 0 Å². The van der Waals surface area contributed by atoms with Crippen molar-refractivity contribution in [2.45, 2.75) is 6.92 Å². The van der Waals surface area contributed by atoms with E-state index >= 15 is 0 Å². The van der Waals surface area contributed by atoms with Crippen LogP contribution in [0.2, 0.25) is 0 Å². The largest absolute Gasteiger partial charge is 0.577 e. The van der Waals surface area contributed by atoms with Crippen molar-refractivity contribution >= 4 is 13.6 Å². The quantitative estimate of drug-likeness (QED) is 0.521. The molecule has 0 radical (unpaired) electrons. The molecule has 0 amide bonds. The van der Waals surface area contributed by atoms with Gasteiger partial charge in [-0.25, -0.2) is 12.1 Å². The second kappa shape index (κ2) is 91.2. The fraction of sp³-hybridized carbons (Fsp3) is 0.111. The summed E-state index contributed by atoms with van der Waals surface area (Å²) in [6, 6.07) is 10.0. The Morgan fingerprint density at radius 3 is 1.29 bits per heavy atom. The molecule has 0 spiro atoms. The van der Waals surface area contributed by atoms with Crippen LogP contribution in [0.5, 0.6) is 0 Å². The predicted octanol–water partition coefficient (Wildman–Crippen LogP) is 2.02. The Labute approximate surface area is 99.1 Å². The summed E-state index contributed by atoms with van der Waals surface area (Å²) in [4.78, 5) is 22.8. The summed E-state index contributed by atoms with van der Waals surface area (Å²) in [6.45, 7) is 11.5. The van der Waals surface area contributed by atoms with Crippen LogP contribution < -0.4 is 0 Å². The first kappa shape index (κ1) is 29.3. The van der Waals surface area contributed by atoms with Crippen molar-refractivity contribution in [2.75, 3.05) is 0 Å². The van der Waals surface area contributed by atoms with Crippen LogP contribution in [0, 0.1) is 11.8 Å². The monoisotopic (exact) mass is 366 g/mol. The molecule has 0 fully saturated rings. The zero-order valence-electron chi connectivity index (χ0n) is 7.83. The average Bonchev–Trinajstić information content (AvgIpc) is 2.87. The van der Waals surface area contributed by atoms with Gasteiger partial charge in [-0.2, -0.15) is 25.1 Å². The van der Waals surface area contributed by atoms with E-state index in [1.165, 1.54) is 0 Å². The number of hydrogen-bond donors (Lipinski definition) is 0. The topological polar surface area (TPSA) is 73.5 Å². The molecule has 0 saturated heterocycles. The van der Waals surface area contributed by atoms with Crippen LogP contribution >= 0.6 is 0 Å². The maximum atomic E-state index is 7.75. The van der Waals surface area contributed by atoms with E-state index in [1.807, 2.05) is 30.3 Å². The Morgan fingerprint density at radius 2 is 1.21 bits per heavy atom. The van der Waals surface area contributed by atoms with Gasteiger partial charge in [0.25, 0.3) is 0 Å². The van der Waals surface area contributed by atoms with Gasteiger partial charge in [-0.1, -0.05) is 0 Å². The third-order valence-electron chi connectivity index (χ3n) is 0.556. The normalized spacial score (nSPS) is 4.14. The summed E-state index contributed by atoms with van der Waals surface area (Å²) in [5, 5.41) is 0. The third kappa shape index (κ3) is 69.1. The number of carbonyl (C=O) groups excluding carboxylic acids is 2. The van der Waals surface area contributed by atoms with Crippen LogP contribution in [-0.2, 0) is 30.7 Å². The van der Waals surface area contributed by atoms with Gasteiger partial charge in [0.2, 0.25) is 0 Å². The molecule has 0 aliphatic heterocycles. The predicted molar refractivity (Wildman–Crippen MR) is 53.3 cm³/mol. The second-order valence-electron chi connectivity index (χ2n) is 0.962. The standard InChI is InChI=1S/C5H5.C2H5.2CHO.NO.W/c1-2-4-5-3-1;4*1-2;/h1-5H;1H2,2H3;2*1H;;/q5*-1;. The van der Waals surface area contributed by atoms with Crippen molar-refractivity contribution in [1.82, 2.24) is 0 Å². The number of hydrogen-bond acceptors (Lipinski definition) is 3. The van der Waals surface area contributed by atoms with Gasteiger partial charge in [0.15, 0.2) is 0 Å². The smallest absolute Gasteiger partial charge is 0 e. The van der Waals surface area contributed by atoms with Crippen LogP contribution in [0.25, 0.3) is 5.59 Å². The molecular weight excluding hydrogens is 354 g/mol. The molecule has 1 rings (SSSR count). The second-order valence-corrected chi connectivity index (χ2v) is 0.962. The molecule has 14 heavy (non-hydrogen) atoms. The van der Waals surface area contributed by atoms with Crippen molar-refractivity contribution in [2.24, 2.45) is 0 Å². The molecule has 5 heteroatoms. The van der Waals surface area contributed by atoms with E-state index in [-0.39, 0.29) is 21.1 Å². The fourth-order valence-corrected chi connectivity index (χ4v) is 0.321. The van der Waals surface area contributed by atoms with E-state index < -0.39 is 0 Å². The Morgan fingerprint density at radius 1 is 1.00 bits per heavy atom. The molecule has 0 atom stereocenters. The Balaban J connectivity index is -0.0000000267. The number of nitrogens with zero attached hydrogens (tertiary/aromatic N) is 1. The van der Waals surface area contributed by atoms with Crippen molar-refractivity contribution in [3.8, 4) is 0 Å². The molecule has 0 bridgehead atoms. The first-order valence-electron chi connectivity index (χ1n) is 3.03. The van der Waals surface area contributed by atoms with E-state index in [0.717, 1.165) is 0 Å². The third-order valence-corrected chi connectivity index (χ3v) is 0.556. The molecule has 1 aromatic carbocycles. The summed E-state index contributed by atoms with van der Waals surface area (Å²) < 4.78 is 0. The molecule has 0 saturated carbocycles. The van der Waals surface area contributed by atoms with Gasteiger partial charge in [0.05, 0.1) is 0 Å². The van der Waals surface area contributed by atoms with Crippen LogP contribution in [0.4, 0.5) is 0 Å². The van der Waals surface area contributed by atoms with Gasteiger partial charge in [0, 0.05) is 21.1 Å². The molecule has 0 N–H and O–H groups in total. The molecule has 0 aromatic heterocycles. The maximum absolute atomic E-state index is 7.75. The Kier molecular flexibility index (Phi) is 191. The molecular formula is C9H12NO3W-5. The van der Waals surface area contributed by atoms with E-state index in [4.69, 9.17) is 20.1 Å². The minimum absolute atomic E-state index is 0. The van der Waals surface area contributed by atoms with E-state index in [1.54, 1.807) is 6.92 Å². The summed E-state index contributed by atoms with van der Waals surface area (Å²) >= 11 is 0. The van der Waals surface area contributed by atoms with Gasteiger partial charge in [-0.3, -0.25) is 13.6 Å². The van der Waals surface area contributed by atoms with E-state index in [9.17, 15) is 0 Å².